The van der Waals surface area contributed by atoms with Gasteiger partial charge in [-0.2, -0.15) is 0 Å². The number of halogens is 1. The monoisotopic (exact) mass is 316 g/mol. The van der Waals surface area contributed by atoms with Gasteiger partial charge in [-0.1, -0.05) is 20.8 Å². The van der Waals surface area contributed by atoms with Crippen LogP contribution in [0.2, 0.25) is 0 Å². The molecule has 0 amide bonds. The Labute approximate surface area is 127 Å². The Bertz CT molecular complexity index is 586. The minimum Gasteiger partial charge on any atom is -0.316 e. The van der Waals surface area contributed by atoms with Crippen molar-refractivity contribution in [3.63, 3.8) is 0 Å². The Hall–Kier alpha value is -0.980. The second kappa shape index (κ2) is 7.33. The fraction of sp³-hybridized carbons (Fsp3) is 0.600. The van der Waals surface area contributed by atoms with Gasteiger partial charge in [0, 0.05) is 18.2 Å². The van der Waals surface area contributed by atoms with Gasteiger partial charge >= 0.3 is 0 Å². The normalized spacial score (nSPS) is 13.7. The summed E-state index contributed by atoms with van der Waals surface area (Å²) in [4.78, 5) is 0.0202. The Kier molecular flexibility index (Phi) is 6.31. The molecule has 0 aliphatic heterocycles. The predicted octanol–water partition coefficient (Wildman–Crippen LogP) is 2.57. The third kappa shape index (κ3) is 4.49. The molecule has 1 atom stereocenters. The molecular weight excluding hydrogens is 291 g/mol. The highest BCUT2D eigenvalue weighted by Crippen LogP contribution is 2.22. The van der Waals surface area contributed by atoms with E-state index in [4.69, 9.17) is 0 Å². The number of rotatable bonds is 7. The smallest absolute Gasteiger partial charge is 0.241 e. The van der Waals surface area contributed by atoms with Gasteiger partial charge < -0.3 is 5.32 Å². The van der Waals surface area contributed by atoms with Gasteiger partial charge in [0.15, 0.2) is 0 Å². The van der Waals surface area contributed by atoms with Crippen LogP contribution in [0.1, 0.15) is 38.3 Å². The van der Waals surface area contributed by atoms with Gasteiger partial charge in [-0.05, 0) is 44.0 Å². The first-order valence-electron chi connectivity index (χ1n) is 7.18. The second-order valence-electron chi connectivity index (χ2n) is 5.61. The zero-order chi connectivity index (χ0) is 16.2. The number of hydrogen-bond acceptors (Lipinski definition) is 3. The van der Waals surface area contributed by atoms with Crippen LogP contribution >= 0.6 is 0 Å². The highest BCUT2D eigenvalue weighted by atomic mass is 32.2. The molecule has 0 bridgehead atoms. The van der Waals surface area contributed by atoms with Gasteiger partial charge in [0.05, 0.1) is 4.90 Å². The molecule has 0 aliphatic rings. The van der Waals surface area contributed by atoms with Crippen LogP contribution in [0.5, 0.6) is 0 Å². The summed E-state index contributed by atoms with van der Waals surface area (Å²) < 4.78 is 41.7. The molecule has 2 N–H and O–H groups in total. The van der Waals surface area contributed by atoms with Gasteiger partial charge in [-0.25, -0.2) is 17.5 Å². The largest absolute Gasteiger partial charge is 0.316 e. The first kappa shape index (κ1) is 18.1. The Morgan fingerprint density at radius 1 is 1.29 bits per heavy atom. The molecule has 120 valence electrons. The Morgan fingerprint density at radius 2 is 1.90 bits per heavy atom. The third-order valence-corrected chi connectivity index (χ3v) is 5.19. The van der Waals surface area contributed by atoms with E-state index in [0.29, 0.717) is 18.5 Å². The molecule has 21 heavy (non-hydrogen) atoms. The minimum atomic E-state index is -3.73. The SMILES string of the molecule is CCC(NS(=O)(=O)c1cc(CNC)cc(F)c1C)C(C)C. The lowest BCUT2D eigenvalue weighted by Crippen LogP contribution is -2.38. The number of nitrogens with one attached hydrogen (secondary N) is 2. The maximum absolute atomic E-state index is 14.0. The lowest BCUT2D eigenvalue weighted by Gasteiger charge is -2.21. The molecule has 0 aromatic heterocycles. The molecule has 0 heterocycles. The van der Waals surface area contributed by atoms with E-state index in [-0.39, 0.29) is 22.4 Å². The quantitative estimate of drug-likeness (QED) is 0.813. The lowest BCUT2D eigenvalue weighted by atomic mass is 10.0. The van der Waals surface area contributed by atoms with Crippen LogP contribution in [0.25, 0.3) is 0 Å². The van der Waals surface area contributed by atoms with Crippen molar-refractivity contribution >= 4 is 10.0 Å². The van der Waals surface area contributed by atoms with E-state index in [1.54, 1.807) is 7.05 Å². The summed E-state index contributed by atoms with van der Waals surface area (Å²) in [5, 5.41) is 2.90. The van der Waals surface area contributed by atoms with Gasteiger partial charge in [0.1, 0.15) is 5.82 Å². The molecule has 0 aliphatic carbocycles. The molecule has 0 saturated heterocycles. The Balaban J connectivity index is 3.24. The van der Waals surface area contributed by atoms with Crippen molar-refractivity contribution in [2.45, 2.75) is 51.6 Å². The highest BCUT2D eigenvalue weighted by Gasteiger charge is 2.24. The first-order chi connectivity index (χ1) is 9.72. The van der Waals surface area contributed by atoms with Crippen LogP contribution < -0.4 is 10.0 Å². The topological polar surface area (TPSA) is 58.2 Å². The molecule has 0 fully saturated rings. The number of hydrogen-bond donors (Lipinski definition) is 2. The molecule has 0 spiro atoms. The van der Waals surface area contributed by atoms with E-state index >= 15 is 0 Å². The van der Waals surface area contributed by atoms with Crippen LogP contribution in [-0.4, -0.2) is 21.5 Å². The Morgan fingerprint density at radius 3 is 2.38 bits per heavy atom. The predicted molar refractivity (Wildman–Crippen MR) is 83.1 cm³/mol. The van der Waals surface area contributed by atoms with Crippen LogP contribution in [0.3, 0.4) is 0 Å². The van der Waals surface area contributed by atoms with Crippen molar-refractivity contribution in [1.29, 1.82) is 0 Å². The summed E-state index contributed by atoms with van der Waals surface area (Å²) >= 11 is 0. The molecule has 0 radical (unpaired) electrons. The molecule has 1 rings (SSSR count). The van der Waals surface area contributed by atoms with Gasteiger partial charge in [0.25, 0.3) is 0 Å². The van der Waals surface area contributed by atoms with Crippen molar-refractivity contribution in [1.82, 2.24) is 10.0 Å². The summed E-state index contributed by atoms with van der Waals surface area (Å²) in [6, 6.07) is 2.74. The van der Waals surface area contributed by atoms with Crippen LogP contribution in [0.4, 0.5) is 4.39 Å². The van der Waals surface area contributed by atoms with E-state index < -0.39 is 15.8 Å². The van der Waals surface area contributed by atoms with E-state index in [1.165, 1.54) is 19.1 Å². The zero-order valence-electron chi connectivity index (χ0n) is 13.3. The fourth-order valence-electron chi connectivity index (χ4n) is 2.25. The molecule has 1 unspecified atom stereocenters. The van der Waals surface area contributed by atoms with Crippen molar-refractivity contribution in [2.75, 3.05) is 7.05 Å². The zero-order valence-corrected chi connectivity index (χ0v) is 14.1. The summed E-state index contributed by atoms with van der Waals surface area (Å²) in [5.41, 5.74) is 0.763. The molecule has 1 aromatic carbocycles. The van der Waals surface area contributed by atoms with Gasteiger partial charge in [-0.3, -0.25) is 0 Å². The third-order valence-electron chi connectivity index (χ3n) is 3.58. The van der Waals surface area contributed by atoms with Crippen molar-refractivity contribution < 1.29 is 12.8 Å². The molecule has 1 aromatic rings. The standard InChI is InChI=1S/C15H25FN2O2S/c1-6-14(10(2)3)18-21(19,20)15-8-12(9-17-5)7-13(16)11(15)4/h7-8,10,14,17-18H,6,9H2,1-5H3. The van der Waals surface area contributed by atoms with Crippen molar-refractivity contribution in [3.8, 4) is 0 Å². The number of sulfonamides is 1. The average molecular weight is 316 g/mol. The van der Waals surface area contributed by atoms with Crippen LogP contribution in [-0.2, 0) is 16.6 Å². The highest BCUT2D eigenvalue weighted by molar-refractivity contribution is 7.89. The summed E-state index contributed by atoms with van der Waals surface area (Å²) in [6.45, 7) is 7.76. The molecule has 4 nitrogen and oxygen atoms in total. The summed E-state index contributed by atoms with van der Waals surface area (Å²) in [6.07, 6.45) is 0.689. The van der Waals surface area contributed by atoms with Gasteiger partial charge in [-0.15, -0.1) is 0 Å². The first-order valence-corrected chi connectivity index (χ1v) is 8.67. The number of benzene rings is 1. The van der Waals surface area contributed by atoms with Crippen LogP contribution in [0.15, 0.2) is 17.0 Å². The fourth-order valence-corrected chi connectivity index (χ4v) is 4.02. The van der Waals surface area contributed by atoms with E-state index in [1.807, 2.05) is 20.8 Å². The van der Waals surface area contributed by atoms with Gasteiger partial charge in [0.2, 0.25) is 10.0 Å². The lowest BCUT2D eigenvalue weighted by molar-refractivity contribution is 0.437. The molecular formula is C15H25FN2O2S. The second-order valence-corrected chi connectivity index (χ2v) is 7.29. The van der Waals surface area contributed by atoms with E-state index in [9.17, 15) is 12.8 Å². The molecule has 6 heteroatoms. The van der Waals surface area contributed by atoms with E-state index in [2.05, 4.69) is 10.0 Å². The maximum atomic E-state index is 14.0. The minimum absolute atomic E-state index is 0.0202. The summed E-state index contributed by atoms with van der Waals surface area (Å²) in [5.74, 6) is -0.323. The molecule has 0 saturated carbocycles. The summed E-state index contributed by atoms with van der Waals surface area (Å²) in [7, 11) is -2.00. The van der Waals surface area contributed by atoms with Crippen LogP contribution in [0, 0.1) is 18.7 Å². The van der Waals surface area contributed by atoms with Crippen molar-refractivity contribution in [2.24, 2.45) is 5.92 Å². The maximum Gasteiger partial charge on any atom is 0.241 e. The van der Waals surface area contributed by atoms with Crippen molar-refractivity contribution in [3.05, 3.63) is 29.1 Å². The average Bonchev–Trinajstić information content (AvgIpc) is 2.39. The van der Waals surface area contributed by atoms with E-state index in [0.717, 1.165) is 0 Å².